The first kappa shape index (κ1) is 16.5. The zero-order valence-electron chi connectivity index (χ0n) is 12.8. The molecule has 0 aliphatic heterocycles. The Labute approximate surface area is 166 Å². The molecule has 0 saturated heterocycles. The predicted molar refractivity (Wildman–Crippen MR) is 114 cm³/mol. The van der Waals surface area contributed by atoms with E-state index >= 15 is 0 Å². The van der Waals surface area contributed by atoms with Gasteiger partial charge in [0.15, 0.2) is 0 Å². The summed E-state index contributed by atoms with van der Waals surface area (Å²) in [4.78, 5) is 2.80. The molecule has 2 heterocycles. The lowest BCUT2D eigenvalue weighted by Gasteiger charge is -2.01. The maximum Gasteiger partial charge on any atom is 0.0610 e. The molecule has 4 aromatic rings. The van der Waals surface area contributed by atoms with E-state index in [1.807, 2.05) is 22.7 Å². The quantitative estimate of drug-likeness (QED) is 0.283. The van der Waals surface area contributed by atoms with Crippen LogP contribution in [0.3, 0.4) is 0 Å². The maximum absolute atomic E-state index is 3.84. The largest absolute Gasteiger partial charge is 0.137 e. The van der Waals surface area contributed by atoms with E-state index in [2.05, 4.69) is 92.5 Å². The Morgan fingerprint density at radius 3 is 1.33 bits per heavy atom. The average Bonchev–Trinajstić information content (AvgIpc) is 3.08. The number of hydrogen-bond acceptors (Lipinski definition) is 2. The van der Waals surface area contributed by atoms with Crippen molar-refractivity contribution in [1.29, 1.82) is 0 Å². The van der Waals surface area contributed by atoms with E-state index in [-0.39, 0.29) is 0 Å². The molecule has 0 bridgehead atoms. The lowest BCUT2D eigenvalue weighted by atomic mass is 10.1. The molecule has 0 amide bonds. The number of rotatable bonds is 4. The first-order valence-corrected chi connectivity index (χ1v) is 10.9. The van der Waals surface area contributed by atoms with Crippen LogP contribution in [0.4, 0.5) is 0 Å². The van der Waals surface area contributed by atoms with Gasteiger partial charge in [0.25, 0.3) is 0 Å². The molecule has 0 unspecified atom stereocenters. The second-order valence-electron chi connectivity index (χ2n) is 5.66. The van der Waals surface area contributed by atoms with Crippen molar-refractivity contribution in [3.8, 4) is 0 Å². The van der Waals surface area contributed by atoms with Crippen LogP contribution in [0.15, 0.2) is 69.6 Å². The normalized spacial score (nSPS) is 11.2. The zero-order valence-corrected chi connectivity index (χ0v) is 17.6. The van der Waals surface area contributed by atoms with Gasteiger partial charge in [0.2, 0.25) is 0 Å². The van der Waals surface area contributed by atoms with Gasteiger partial charge in [-0.3, -0.25) is 0 Å². The Morgan fingerprint density at radius 1 is 0.583 bits per heavy atom. The fraction of sp³-hybridized carbons (Fsp3) is 0.100. The molecule has 0 fully saturated rings. The molecule has 0 atom stereocenters. The third kappa shape index (κ3) is 3.25. The van der Waals surface area contributed by atoms with E-state index < -0.39 is 0 Å². The average molecular weight is 478 g/mol. The molecule has 0 saturated carbocycles. The minimum atomic E-state index is 0.980. The van der Waals surface area contributed by atoms with E-state index in [1.165, 1.54) is 39.2 Å². The number of benzene rings is 2. The van der Waals surface area contributed by atoms with Gasteiger partial charge in [0.05, 0.1) is 9.40 Å². The maximum atomic E-state index is 3.84. The molecule has 2 aromatic heterocycles. The van der Waals surface area contributed by atoms with Crippen LogP contribution in [-0.2, 0) is 12.8 Å². The van der Waals surface area contributed by atoms with Gasteiger partial charge in [-0.05, 0) is 43.0 Å². The topological polar surface area (TPSA) is 0 Å². The first-order valence-electron chi connectivity index (χ1n) is 7.68. The van der Waals surface area contributed by atoms with Crippen molar-refractivity contribution in [2.75, 3.05) is 0 Å². The van der Waals surface area contributed by atoms with E-state index in [9.17, 15) is 0 Å². The Bertz CT molecular complexity index is 888. The van der Waals surface area contributed by atoms with Crippen LogP contribution in [0, 0.1) is 0 Å². The van der Waals surface area contributed by atoms with Crippen LogP contribution in [0.2, 0.25) is 0 Å². The Morgan fingerprint density at radius 2 is 0.958 bits per heavy atom. The molecular weight excluding hydrogens is 464 g/mol. The van der Waals surface area contributed by atoms with Crippen molar-refractivity contribution in [3.05, 3.63) is 90.5 Å². The van der Waals surface area contributed by atoms with Crippen molar-refractivity contribution < 1.29 is 0 Å². The van der Waals surface area contributed by atoms with Crippen LogP contribution in [0.5, 0.6) is 0 Å². The van der Waals surface area contributed by atoms with Gasteiger partial charge in [-0.2, -0.15) is 0 Å². The highest BCUT2D eigenvalue weighted by Crippen LogP contribution is 2.47. The third-order valence-corrected chi connectivity index (χ3v) is 9.30. The SMILES string of the molecule is Brc1c(Cc2ccccc2)sc2c(Br)c(Cc3ccccc3)sc12. The van der Waals surface area contributed by atoms with Crippen molar-refractivity contribution in [3.63, 3.8) is 0 Å². The fourth-order valence-electron chi connectivity index (χ4n) is 2.76. The summed E-state index contributed by atoms with van der Waals surface area (Å²) in [6.07, 6.45) is 1.96. The lowest BCUT2D eigenvalue weighted by molar-refractivity contribution is 1.23. The molecule has 24 heavy (non-hydrogen) atoms. The highest BCUT2D eigenvalue weighted by Gasteiger charge is 2.18. The zero-order chi connectivity index (χ0) is 16.5. The Balaban J connectivity index is 1.68. The predicted octanol–water partition coefficient (Wildman–Crippen LogP) is 7.67. The van der Waals surface area contributed by atoms with E-state index in [0.29, 0.717) is 0 Å². The number of halogens is 2. The van der Waals surface area contributed by atoms with Crippen molar-refractivity contribution >= 4 is 63.9 Å². The lowest BCUT2D eigenvalue weighted by Crippen LogP contribution is -1.85. The van der Waals surface area contributed by atoms with E-state index in [4.69, 9.17) is 0 Å². The summed E-state index contributed by atoms with van der Waals surface area (Å²) in [5.74, 6) is 0. The van der Waals surface area contributed by atoms with Gasteiger partial charge >= 0.3 is 0 Å². The fourth-order valence-corrected chi connectivity index (χ4v) is 7.22. The molecule has 0 aliphatic rings. The Kier molecular flexibility index (Phi) is 4.90. The van der Waals surface area contributed by atoms with Crippen LogP contribution >= 0.6 is 54.5 Å². The van der Waals surface area contributed by atoms with Crippen LogP contribution in [0.1, 0.15) is 20.9 Å². The van der Waals surface area contributed by atoms with Crippen LogP contribution < -0.4 is 0 Å². The number of hydrogen-bond donors (Lipinski definition) is 0. The molecular formula is C20H14Br2S2. The summed E-state index contributed by atoms with van der Waals surface area (Å²) < 4.78 is 5.25. The van der Waals surface area contributed by atoms with Gasteiger partial charge in [0.1, 0.15) is 0 Å². The first-order chi connectivity index (χ1) is 11.7. The van der Waals surface area contributed by atoms with Gasteiger partial charge in [-0.15, -0.1) is 22.7 Å². The second kappa shape index (κ2) is 7.12. The van der Waals surface area contributed by atoms with E-state index in [0.717, 1.165) is 12.8 Å². The summed E-state index contributed by atoms with van der Waals surface area (Å²) in [6, 6.07) is 21.3. The molecule has 0 spiro atoms. The summed E-state index contributed by atoms with van der Waals surface area (Å²) in [7, 11) is 0. The smallest absolute Gasteiger partial charge is 0.0610 e. The summed E-state index contributed by atoms with van der Waals surface area (Å²) in [6.45, 7) is 0. The number of fused-ring (bicyclic) bond motifs is 1. The molecule has 4 heteroatoms. The highest BCUT2D eigenvalue weighted by molar-refractivity contribution is 9.11. The Hall–Kier alpha value is -0.940. The van der Waals surface area contributed by atoms with Gasteiger partial charge < -0.3 is 0 Å². The van der Waals surface area contributed by atoms with Gasteiger partial charge in [-0.25, -0.2) is 0 Å². The minimum absolute atomic E-state index is 0.980. The van der Waals surface area contributed by atoms with Crippen molar-refractivity contribution in [2.24, 2.45) is 0 Å². The minimum Gasteiger partial charge on any atom is -0.137 e. The van der Waals surface area contributed by atoms with Gasteiger partial charge in [0, 0.05) is 31.5 Å². The molecule has 4 rings (SSSR count). The highest BCUT2D eigenvalue weighted by atomic mass is 79.9. The summed E-state index contributed by atoms with van der Waals surface area (Å²) in [5.41, 5.74) is 2.71. The summed E-state index contributed by atoms with van der Waals surface area (Å²) >= 11 is 11.5. The van der Waals surface area contributed by atoms with Crippen LogP contribution in [-0.4, -0.2) is 0 Å². The monoisotopic (exact) mass is 476 g/mol. The van der Waals surface area contributed by atoms with Crippen LogP contribution in [0.25, 0.3) is 9.40 Å². The summed E-state index contributed by atoms with van der Waals surface area (Å²) in [5, 5.41) is 0. The van der Waals surface area contributed by atoms with E-state index in [1.54, 1.807) is 0 Å². The standard InChI is InChI=1S/C20H14Br2S2/c21-17-15(11-13-7-3-1-4-8-13)23-20-18(22)16(24-19(17)20)12-14-9-5-2-6-10-14/h1-10H,11-12H2. The van der Waals surface area contributed by atoms with Gasteiger partial charge in [-0.1, -0.05) is 60.7 Å². The van der Waals surface area contributed by atoms with Crippen molar-refractivity contribution in [1.82, 2.24) is 0 Å². The second-order valence-corrected chi connectivity index (χ2v) is 9.46. The molecule has 2 aromatic carbocycles. The molecule has 120 valence electrons. The number of thiophene rings is 2. The van der Waals surface area contributed by atoms with Crippen molar-refractivity contribution in [2.45, 2.75) is 12.8 Å². The third-order valence-electron chi connectivity index (χ3n) is 3.96. The molecule has 0 nitrogen and oxygen atoms in total. The molecule has 0 radical (unpaired) electrons. The molecule has 0 N–H and O–H groups in total. The molecule has 0 aliphatic carbocycles.